The summed E-state index contributed by atoms with van der Waals surface area (Å²) >= 11 is 5.99. The molecule has 1 unspecified atom stereocenters. The summed E-state index contributed by atoms with van der Waals surface area (Å²) in [6, 6.07) is 18.8. The van der Waals surface area contributed by atoms with Crippen LogP contribution in [-0.4, -0.2) is 19.1 Å². The van der Waals surface area contributed by atoms with Crippen LogP contribution in [0, 0.1) is 6.92 Å². The van der Waals surface area contributed by atoms with Crippen LogP contribution < -0.4 is 11.3 Å². The zero-order valence-electron chi connectivity index (χ0n) is 19.3. The molecule has 34 heavy (non-hydrogen) atoms. The lowest BCUT2D eigenvalue weighted by Gasteiger charge is -2.15. The summed E-state index contributed by atoms with van der Waals surface area (Å²) in [4.78, 5) is 20.8. The quantitative estimate of drug-likeness (QED) is 0.400. The van der Waals surface area contributed by atoms with Crippen LogP contribution in [-0.2, 0) is 14.1 Å². The molecule has 0 aliphatic heterocycles. The van der Waals surface area contributed by atoms with E-state index >= 15 is 0 Å². The minimum Gasteiger partial charge on any atom is -0.341 e. The van der Waals surface area contributed by atoms with E-state index in [1.165, 1.54) is 0 Å². The summed E-state index contributed by atoms with van der Waals surface area (Å²) in [5.41, 5.74) is 11.9. The number of halogens is 1. The van der Waals surface area contributed by atoms with E-state index in [9.17, 15) is 4.79 Å². The number of nitrogens with zero attached hydrogens (tertiary/aromatic N) is 4. The molecule has 0 amide bonds. The Hall–Kier alpha value is -3.74. The summed E-state index contributed by atoms with van der Waals surface area (Å²) in [6.45, 7) is 2.04. The number of hydrogen-bond acceptors (Lipinski definition) is 4. The monoisotopic (exact) mass is 471 g/mol. The summed E-state index contributed by atoms with van der Waals surface area (Å²) in [6.07, 6.45) is 7.11. The van der Waals surface area contributed by atoms with Crippen molar-refractivity contribution < 1.29 is 0 Å². The molecule has 3 aromatic heterocycles. The van der Waals surface area contributed by atoms with Crippen molar-refractivity contribution in [1.82, 2.24) is 19.1 Å². The van der Waals surface area contributed by atoms with Crippen LogP contribution in [0.5, 0.6) is 0 Å². The lowest BCUT2D eigenvalue weighted by molar-refractivity contribution is 0.827. The number of pyridine rings is 2. The fourth-order valence-corrected chi connectivity index (χ4v) is 3.88. The van der Waals surface area contributed by atoms with E-state index in [1.54, 1.807) is 36.4 Å². The van der Waals surface area contributed by atoms with E-state index < -0.39 is 0 Å². The van der Waals surface area contributed by atoms with Gasteiger partial charge in [0.2, 0.25) is 0 Å². The Bertz CT molecular complexity index is 1470. The normalized spacial score (nSPS) is 11.7. The number of aromatic nitrogens is 4. The molecule has 6 nitrogen and oxygen atoms in total. The second-order valence-corrected chi connectivity index (χ2v) is 8.64. The summed E-state index contributed by atoms with van der Waals surface area (Å²) < 4.78 is 3.50. The minimum atomic E-state index is -0.385. The van der Waals surface area contributed by atoms with Crippen molar-refractivity contribution in [2.45, 2.75) is 13.0 Å². The fourth-order valence-electron chi connectivity index (χ4n) is 3.75. The zero-order valence-corrected chi connectivity index (χ0v) is 20.1. The van der Waals surface area contributed by atoms with Crippen molar-refractivity contribution >= 4 is 22.5 Å². The van der Waals surface area contributed by atoms with Gasteiger partial charge in [0.1, 0.15) is 0 Å². The highest BCUT2D eigenvalue weighted by Crippen LogP contribution is 2.30. The van der Waals surface area contributed by atoms with E-state index in [-0.39, 0.29) is 11.6 Å². The number of nitrogens with two attached hydrogens (primary N) is 1. The summed E-state index contributed by atoms with van der Waals surface area (Å²) in [5.74, 6) is 0. The Morgan fingerprint density at radius 2 is 1.79 bits per heavy atom. The van der Waals surface area contributed by atoms with E-state index in [2.05, 4.69) is 16.0 Å². The number of benzene rings is 2. The van der Waals surface area contributed by atoms with Crippen LogP contribution in [0.1, 0.15) is 22.9 Å². The molecule has 0 fully saturated rings. The second kappa shape index (κ2) is 10.0. The van der Waals surface area contributed by atoms with Gasteiger partial charge in [-0.3, -0.25) is 9.78 Å². The molecule has 2 N–H and O–H groups in total. The third kappa shape index (κ3) is 5.09. The smallest absolute Gasteiger partial charge is 0.251 e. The van der Waals surface area contributed by atoms with Crippen LogP contribution in [0.15, 0.2) is 90.4 Å². The molecule has 2 aromatic carbocycles. The third-order valence-electron chi connectivity index (χ3n) is 5.67. The Morgan fingerprint density at radius 1 is 1.03 bits per heavy atom. The highest BCUT2D eigenvalue weighted by Gasteiger charge is 2.15. The van der Waals surface area contributed by atoms with Crippen molar-refractivity contribution in [3.05, 3.63) is 118 Å². The van der Waals surface area contributed by atoms with E-state index in [0.29, 0.717) is 5.02 Å². The Labute approximate surface area is 203 Å². The molecule has 0 aliphatic carbocycles. The Balaban J connectivity index is 0.000000398. The number of rotatable bonds is 3. The van der Waals surface area contributed by atoms with Gasteiger partial charge in [0.05, 0.1) is 29.8 Å². The standard InChI is InChI=1S/C23H20ClN3O.C4H6N2/c1-14-4-3-5-16(10-14)18-12-22(28)27(2)21-13-26-20(11-19(18)21)23(25)15-6-8-17(24)9-7-15;1-6-3-2-5-4-6/h3-13,23H,25H2,1-2H3;2-4H,1H3. The van der Waals surface area contributed by atoms with Gasteiger partial charge >= 0.3 is 0 Å². The second-order valence-electron chi connectivity index (χ2n) is 8.21. The SMILES string of the molecule is Cc1cccc(-c2cc(=O)n(C)c3cnc(C(N)c4ccc(Cl)cc4)cc23)c1.Cn1ccnc1. The van der Waals surface area contributed by atoms with Gasteiger partial charge in [0.25, 0.3) is 5.56 Å². The molecule has 172 valence electrons. The van der Waals surface area contributed by atoms with Gasteiger partial charge in [0, 0.05) is 43.0 Å². The molecular weight excluding hydrogens is 446 g/mol. The van der Waals surface area contributed by atoms with Crippen molar-refractivity contribution in [3.63, 3.8) is 0 Å². The highest BCUT2D eigenvalue weighted by molar-refractivity contribution is 6.30. The zero-order chi connectivity index (χ0) is 24.2. The van der Waals surface area contributed by atoms with Crippen LogP contribution in [0.2, 0.25) is 5.02 Å². The Kier molecular flexibility index (Phi) is 6.91. The molecule has 0 bridgehead atoms. The lowest BCUT2D eigenvalue weighted by Crippen LogP contribution is -2.18. The first-order chi connectivity index (χ1) is 16.3. The van der Waals surface area contributed by atoms with Gasteiger partial charge in [0.15, 0.2) is 0 Å². The fraction of sp³-hybridized carbons (Fsp3) is 0.148. The first-order valence-corrected chi connectivity index (χ1v) is 11.2. The lowest BCUT2D eigenvalue weighted by atomic mass is 9.97. The van der Waals surface area contributed by atoms with Gasteiger partial charge in [-0.1, -0.05) is 53.6 Å². The van der Waals surface area contributed by atoms with E-state index in [4.69, 9.17) is 17.3 Å². The first kappa shape index (κ1) is 23.4. The van der Waals surface area contributed by atoms with Crippen molar-refractivity contribution in [2.75, 3.05) is 0 Å². The highest BCUT2D eigenvalue weighted by atomic mass is 35.5. The number of aryl methyl sites for hydroxylation is 3. The minimum absolute atomic E-state index is 0.0689. The first-order valence-electron chi connectivity index (χ1n) is 10.8. The van der Waals surface area contributed by atoms with Crippen molar-refractivity contribution in [3.8, 4) is 11.1 Å². The maximum absolute atomic E-state index is 12.5. The van der Waals surface area contributed by atoms with Gasteiger partial charge in [-0.2, -0.15) is 0 Å². The molecule has 0 saturated heterocycles. The van der Waals surface area contributed by atoms with Crippen molar-refractivity contribution in [2.24, 2.45) is 19.8 Å². The summed E-state index contributed by atoms with van der Waals surface area (Å²) in [7, 11) is 3.69. The van der Waals surface area contributed by atoms with E-state index in [0.717, 1.165) is 38.9 Å². The molecule has 5 aromatic rings. The molecule has 0 aliphatic rings. The predicted molar refractivity (Wildman–Crippen MR) is 138 cm³/mol. The maximum atomic E-state index is 12.5. The molecule has 0 radical (unpaired) electrons. The number of hydrogen-bond donors (Lipinski definition) is 1. The van der Waals surface area contributed by atoms with Crippen LogP contribution in [0.25, 0.3) is 22.0 Å². The number of fused-ring (bicyclic) bond motifs is 1. The molecule has 0 spiro atoms. The third-order valence-corrected chi connectivity index (χ3v) is 5.92. The average Bonchev–Trinajstić information content (AvgIpc) is 3.32. The van der Waals surface area contributed by atoms with Gasteiger partial charge < -0.3 is 14.9 Å². The van der Waals surface area contributed by atoms with Crippen LogP contribution >= 0.6 is 11.6 Å². The molecule has 7 heteroatoms. The predicted octanol–water partition coefficient (Wildman–Crippen LogP) is 5.03. The van der Waals surface area contributed by atoms with E-state index in [1.807, 2.05) is 73.3 Å². The topological polar surface area (TPSA) is 78.7 Å². The van der Waals surface area contributed by atoms with Gasteiger partial charge in [-0.05, 0) is 41.8 Å². The largest absolute Gasteiger partial charge is 0.341 e. The van der Waals surface area contributed by atoms with Gasteiger partial charge in [-0.25, -0.2) is 4.98 Å². The number of imidazole rings is 1. The molecule has 5 rings (SSSR count). The molecule has 1 atom stereocenters. The summed E-state index contributed by atoms with van der Waals surface area (Å²) in [5, 5.41) is 1.61. The molecule has 3 heterocycles. The van der Waals surface area contributed by atoms with Crippen LogP contribution in [0.4, 0.5) is 0 Å². The van der Waals surface area contributed by atoms with Crippen molar-refractivity contribution in [1.29, 1.82) is 0 Å². The average molecular weight is 472 g/mol. The maximum Gasteiger partial charge on any atom is 0.251 e. The Morgan fingerprint density at radius 3 is 2.41 bits per heavy atom. The van der Waals surface area contributed by atoms with Crippen LogP contribution in [0.3, 0.4) is 0 Å². The van der Waals surface area contributed by atoms with Gasteiger partial charge in [-0.15, -0.1) is 0 Å². The molecule has 0 saturated carbocycles. The molecular formula is C27H26ClN5O.